The molecule has 0 aliphatic heterocycles. The molecular formula is C10H21N3. The van der Waals surface area contributed by atoms with Crippen molar-refractivity contribution in [1.29, 1.82) is 0 Å². The molecule has 0 heterocycles. The van der Waals surface area contributed by atoms with E-state index in [1.54, 1.807) is 0 Å². The van der Waals surface area contributed by atoms with Gasteiger partial charge >= 0.3 is 0 Å². The normalized spacial score (nSPS) is 18.9. The summed E-state index contributed by atoms with van der Waals surface area (Å²) in [6.45, 7) is 5.14. The van der Waals surface area contributed by atoms with Crippen LogP contribution in [0, 0.1) is 5.92 Å². The topological polar surface area (TPSA) is 41.6 Å². The van der Waals surface area contributed by atoms with Crippen LogP contribution >= 0.6 is 0 Å². The van der Waals surface area contributed by atoms with E-state index in [0.717, 1.165) is 6.54 Å². The van der Waals surface area contributed by atoms with E-state index in [4.69, 9.17) is 5.73 Å². The van der Waals surface area contributed by atoms with Crippen LogP contribution in [-0.2, 0) is 0 Å². The van der Waals surface area contributed by atoms with Crippen LogP contribution < -0.4 is 5.73 Å². The predicted molar refractivity (Wildman–Crippen MR) is 56.7 cm³/mol. The van der Waals surface area contributed by atoms with Crippen LogP contribution in [0.4, 0.5) is 0 Å². The fourth-order valence-electron chi connectivity index (χ4n) is 1.35. The van der Waals surface area contributed by atoms with E-state index in [2.05, 4.69) is 23.7 Å². The third kappa shape index (κ3) is 2.90. The van der Waals surface area contributed by atoms with Crippen molar-refractivity contribution < 1.29 is 0 Å². The van der Waals surface area contributed by atoms with Crippen LogP contribution in [0.25, 0.3) is 0 Å². The van der Waals surface area contributed by atoms with Crippen LogP contribution in [-0.4, -0.2) is 30.5 Å². The predicted octanol–water partition coefficient (Wildman–Crippen LogP) is 1.44. The lowest BCUT2D eigenvalue weighted by atomic mass is 9.92. The minimum Gasteiger partial charge on any atom is -0.370 e. The molecule has 0 atom stereocenters. The summed E-state index contributed by atoms with van der Waals surface area (Å²) in [6.07, 6.45) is 3.88. The molecule has 3 heteroatoms. The molecule has 1 rings (SSSR count). The molecule has 0 aromatic rings. The van der Waals surface area contributed by atoms with Crippen molar-refractivity contribution in [3.05, 3.63) is 0 Å². The van der Waals surface area contributed by atoms with Gasteiger partial charge in [0.2, 0.25) is 0 Å². The number of hydrogen-bond acceptors (Lipinski definition) is 1. The summed E-state index contributed by atoms with van der Waals surface area (Å²) in [6, 6.07) is 0.649. The molecule has 0 unspecified atom stereocenters. The Hall–Kier alpha value is -0.730. The maximum Gasteiger partial charge on any atom is 0.191 e. The quantitative estimate of drug-likeness (QED) is 0.531. The van der Waals surface area contributed by atoms with Crippen LogP contribution in [0.3, 0.4) is 0 Å². The average Bonchev–Trinajstić information content (AvgIpc) is 1.96. The standard InChI is InChI=1S/C10H21N3/c1-8(2)7-12-10(11)13(3)9-5-4-6-9/h8-9H,4-7H2,1-3H3,(H2,11,12). The van der Waals surface area contributed by atoms with Gasteiger partial charge in [-0.1, -0.05) is 13.8 Å². The average molecular weight is 183 g/mol. The summed E-state index contributed by atoms with van der Waals surface area (Å²) < 4.78 is 0. The van der Waals surface area contributed by atoms with Crippen LogP contribution in [0.5, 0.6) is 0 Å². The number of nitrogens with two attached hydrogens (primary N) is 1. The molecule has 76 valence electrons. The zero-order valence-electron chi connectivity index (χ0n) is 8.95. The molecule has 0 aromatic carbocycles. The Morgan fingerprint density at radius 2 is 2.15 bits per heavy atom. The van der Waals surface area contributed by atoms with Crippen molar-refractivity contribution in [2.75, 3.05) is 13.6 Å². The Kier molecular flexibility index (Phi) is 3.58. The SMILES string of the molecule is CC(C)CN=C(N)N(C)C1CCC1. The molecule has 13 heavy (non-hydrogen) atoms. The molecule has 1 fully saturated rings. The van der Waals surface area contributed by atoms with Crippen LogP contribution in [0.1, 0.15) is 33.1 Å². The fraction of sp³-hybridized carbons (Fsp3) is 0.900. The van der Waals surface area contributed by atoms with Crippen molar-refractivity contribution in [2.24, 2.45) is 16.6 Å². The molecule has 0 amide bonds. The molecule has 1 aliphatic carbocycles. The van der Waals surface area contributed by atoms with Gasteiger partial charge < -0.3 is 10.6 Å². The van der Waals surface area contributed by atoms with E-state index >= 15 is 0 Å². The van der Waals surface area contributed by atoms with Gasteiger partial charge in [-0.05, 0) is 25.2 Å². The lowest BCUT2D eigenvalue weighted by molar-refractivity contribution is 0.238. The van der Waals surface area contributed by atoms with Crippen molar-refractivity contribution in [2.45, 2.75) is 39.2 Å². The molecule has 0 radical (unpaired) electrons. The zero-order chi connectivity index (χ0) is 9.84. The van der Waals surface area contributed by atoms with Crippen molar-refractivity contribution >= 4 is 5.96 Å². The van der Waals surface area contributed by atoms with Crippen LogP contribution in [0.15, 0.2) is 4.99 Å². The van der Waals surface area contributed by atoms with E-state index in [9.17, 15) is 0 Å². The minimum atomic E-state index is 0.591. The molecular weight excluding hydrogens is 162 g/mol. The summed E-state index contributed by atoms with van der Waals surface area (Å²) in [5.41, 5.74) is 5.85. The molecule has 3 nitrogen and oxygen atoms in total. The second-order valence-corrected chi connectivity index (χ2v) is 4.29. The summed E-state index contributed by atoms with van der Waals surface area (Å²) >= 11 is 0. The molecule has 1 saturated carbocycles. The first-order chi connectivity index (χ1) is 6.11. The van der Waals surface area contributed by atoms with Gasteiger partial charge in [-0.2, -0.15) is 0 Å². The van der Waals surface area contributed by atoms with Gasteiger partial charge in [0.1, 0.15) is 0 Å². The molecule has 1 aliphatic rings. The monoisotopic (exact) mass is 183 g/mol. The third-order valence-electron chi connectivity index (χ3n) is 2.60. The highest BCUT2D eigenvalue weighted by molar-refractivity contribution is 5.78. The second kappa shape index (κ2) is 4.49. The van der Waals surface area contributed by atoms with Crippen molar-refractivity contribution in [3.8, 4) is 0 Å². The summed E-state index contributed by atoms with van der Waals surface area (Å²) in [5, 5.41) is 0. The Bertz CT molecular complexity index is 183. The van der Waals surface area contributed by atoms with Crippen molar-refractivity contribution in [3.63, 3.8) is 0 Å². The number of aliphatic imine (C=N–C) groups is 1. The van der Waals surface area contributed by atoms with Gasteiger partial charge in [-0.25, -0.2) is 0 Å². The smallest absolute Gasteiger partial charge is 0.191 e. The first-order valence-corrected chi connectivity index (χ1v) is 5.14. The largest absolute Gasteiger partial charge is 0.370 e. The van der Waals surface area contributed by atoms with E-state index < -0.39 is 0 Å². The Morgan fingerprint density at radius 1 is 1.54 bits per heavy atom. The van der Waals surface area contributed by atoms with Gasteiger partial charge in [0.25, 0.3) is 0 Å². The summed E-state index contributed by atoms with van der Waals surface area (Å²) in [7, 11) is 2.04. The minimum absolute atomic E-state index is 0.591. The zero-order valence-corrected chi connectivity index (χ0v) is 8.95. The van der Waals surface area contributed by atoms with Gasteiger partial charge in [0.15, 0.2) is 5.96 Å². The van der Waals surface area contributed by atoms with E-state index in [1.165, 1.54) is 19.3 Å². The number of hydrogen-bond donors (Lipinski definition) is 1. The van der Waals surface area contributed by atoms with E-state index in [1.807, 2.05) is 7.05 Å². The highest BCUT2D eigenvalue weighted by atomic mass is 15.3. The Labute approximate surface area is 81.0 Å². The molecule has 0 bridgehead atoms. The van der Waals surface area contributed by atoms with Gasteiger partial charge in [0.05, 0.1) is 0 Å². The molecule has 0 aromatic heterocycles. The summed E-state index contributed by atoms with van der Waals surface area (Å²) in [4.78, 5) is 6.46. The van der Waals surface area contributed by atoms with Gasteiger partial charge in [-0.15, -0.1) is 0 Å². The Morgan fingerprint density at radius 3 is 2.54 bits per heavy atom. The van der Waals surface area contributed by atoms with E-state index in [0.29, 0.717) is 17.9 Å². The highest BCUT2D eigenvalue weighted by Gasteiger charge is 2.22. The number of rotatable bonds is 3. The Balaban J connectivity index is 2.35. The number of nitrogens with zero attached hydrogens (tertiary/aromatic N) is 2. The third-order valence-corrected chi connectivity index (χ3v) is 2.60. The lowest BCUT2D eigenvalue weighted by Gasteiger charge is -2.35. The van der Waals surface area contributed by atoms with E-state index in [-0.39, 0.29) is 0 Å². The number of guanidine groups is 1. The lowest BCUT2D eigenvalue weighted by Crippen LogP contribution is -2.45. The maximum absolute atomic E-state index is 5.85. The fourth-order valence-corrected chi connectivity index (χ4v) is 1.35. The first kappa shape index (κ1) is 10.4. The maximum atomic E-state index is 5.85. The van der Waals surface area contributed by atoms with Crippen molar-refractivity contribution in [1.82, 2.24) is 4.90 Å². The molecule has 0 saturated heterocycles. The van der Waals surface area contributed by atoms with Gasteiger partial charge in [-0.3, -0.25) is 4.99 Å². The highest BCUT2D eigenvalue weighted by Crippen LogP contribution is 2.23. The van der Waals surface area contributed by atoms with Crippen LogP contribution in [0.2, 0.25) is 0 Å². The first-order valence-electron chi connectivity index (χ1n) is 5.14. The second-order valence-electron chi connectivity index (χ2n) is 4.29. The summed E-state index contributed by atoms with van der Waals surface area (Å²) in [5.74, 6) is 1.30. The van der Waals surface area contributed by atoms with Gasteiger partial charge in [0, 0.05) is 19.6 Å². The molecule has 0 spiro atoms. The molecule has 2 N–H and O–H groups in total.